The lowest BCUT2D eigenvalue weighted by molar-refractivity contribution is -0.143. The van der Waals surface area contributed by atoms with Gasteiger partial charge >= 0.3 is 5.97 Å². The third-order valence-electron chi connectivity index (χ3n) is 2.01. The summed E-state index contributed by atoms with van der Waals surface area (Å²) in [6.07, 6.45) is 0. The number of carbonyl (C=O) groups excluding carboxylic acids is 2. The van der Waals surface area contributed by atoms with Gasteiger partial charge in [0.05, 0.1) is 7.11 Å². The first kappa shape index (κ1) is 10.4. The van der Waals surface area contributed by atoms with Gasteiger partial charge in [0.1, 0.15) is 5.92 Å². The van der Waals surface area contributed by atoms with Crippen LogP contribution in [-0.4, -0.2) is 18.9 Å². The Hall–Kier alpha value is -1.64. The maximum Gasteiger partial charge on any atom is 0.316 e. The number of methoxy groups -OCH3 is 1. The van der Waals surface area contributed by atoms with Crippen LogP contribution in [0.25, 0.3) is 0 Å². The molecule has 0 N–H and O–H groups in total. The summed E-state index contributed by atoms with van der Waals surface area (Å²) in [6.45, 7) is 1.54. The number of carbonyl (C=O) groups is 2. The Labute approximate surface area is 82.7 Å². The van der Waals surface area contributed by atoms with Crippen molar-refractivity contribution in [2.45, 2.75) is 6.92 Å². The predicted octanol–water partition coefficient (Wildman–Crippen LogP) is 1.68. The topological polar surface area (TPSA) is 43.4 Å². The minimum Gasteiger partial charge on any atom is -0.468 e. The van der Waals surface area contributed by atoms with Crippen molar-refractivity contribution < 1.29 is 14.3 Å². The standard InChI is InChI=1S/C11H12O3/c1-8(11(13)14-2)10(12)9-6-4-3-5-7-9/h3-8H,1-2H3/t8-/m0/s1. The van der Waals surface area contributed by atoms with Crippen LogP contribution in [0.1, 0.15) is 17.3 Å². The molecule has 1 aromatic rings. The summed E-state index contributed by atoms with van der Waals surface area (Å²) in [5.74, 6) is -1.45. The van der Waals surface area contributed by atoms with Gasteiger partial charge in [0, 0.05) is 5.56 Å². The molecule has 0 spiro atoms. The van der Waals surface area contributed by atoms with Crippen LogP contribution in [0.2, 0.25) is 0 Å². The zero-order chi connectivity index (χ0) is 10.6. The molecule has 0 aliphatic carbocycles. The van der Waals surface area contributed by atoms with E-state index in [0.29, 0.717) is 5.56 Å². The van der Waals surface area contributed by atoms with E-state index < -0.39 is 11.9 Å². The number of hydrogen-bond donors (Lipinski definition) is 0. The second-order valence-electron chi connectivity index (χ2n) is 2.98. The van der Waals surface area contributed by atoms with Crippen LogP contribution in [-0.2, 0) is 9.53 Å². The zero-order valence-corrected chi connectivity index (χ0v) is 8.19. The molecule has 14 heavy (non-hydrogen) atoms. The van der Waals surface area contributed by atoms with Gasteiger partial charge in [-0.2, -0.15) is 0 Å². The van der Waals surface area contributed by atoms with Crippen molar-refractivity contribution in [1.29, 1.82) is 0 Å². The predicted molar refractivity (Wildman–Crippen MR) is 52.0 cm³/mol. The third-order valence-corrected chi connectivity index (χ3v) is 2.01. The van der Waals surface area contributed by atoms with Crippen LogP contribution in [0.3, 0.4) is 0 Å². The molecule has 0 heterocycles. The van der Waals surface area contributed by atoms with Crippen LogP contribution in [0.15, 0.2) is 30.3 Å². The lowest BCUT2D eigenvalue weighted by Gasteiger charge is -2.07. The molecule has 0 amide bonds. The monoisotopic (exact) mass is 192 g/mol. The van der Waals surface area contributed by atoms with Gasteiger partial charge in [-0.25, -0.2) is 0 Å². The lowest BCUT2D eigenvalue weighted by atomic mass is 10.00. The van der Waals surface area contributed by atoms with Crippen molar-refractivity contribution >= 4 is 11.8 Å². The van der Waals surface area contributed by atoms with E-state index in [-0.39, 0.29) is 5.78 Å². The number of ketones is 1. The van der Waals surface area contributed by atoms with Gasteiger partial charge in [0.2, 0.25) is 0 Å². The van der Waals surface area contributed by atoms with Crippen LogP contribution in [0.5, 0.6) is 0 Å². The highest BCUT2D eigenvalue weighted by molar-refractivity contribution is 6.08. The molecule has 1 aromatic carbocycles. The number of ether oxygens (including phenoxy) is 1. The lowest BCUT2D eigenvalue weighted by Crippen LogP contribution is -2.22. The first-order valence-corrected chi connectivity index (χ1v) is 4.34. The van der Waals surface area contributed by atoms with E-state index in [1.165, 1.54) is 7.11 Å². The van der Waals surface area contributed by atoms with Crippen LogP contribution < -0.4 is 0 Å². The number of Topliss-reactive ketones (excluding diaryl/α,β-unsaturated/α-hetero) is 1. The van der Waals surface area contributed by atoms with E-state index in [2.05, 4.69) is 4.74 Å². The van der Waals surface area contributed by atoms with E-state index in [1.54, 1.807) is 31.2 Å². The van der Waals surface area contributed by atoms with Crippen molar-refractivity contribution in [3.63, 3.8) is 0 Å². The number of hydrogen-bond acceptors (Lipinski definition) is 3. The molecule has 0 aromatic heterocycles. The zero-order valence-electron chi connectivity index (χ0n) is 8.19. The fourth-order valence-corrected chi connectivity index (χ4v) is 1.14. The van der Waals surface area contributed by atoms with Gasteiger partial charge in [-0.3, -0.25) is 9.59 Å². The highest BCUT2D eigenvalue weighted by Crippen LogP contribution is 2.09. The highest BCUT2D eigenvalue weighted by Gasteiger charge is 2.22. The van der Waals surface area contributed by atoms with E-state index >= 15 is 0 Å². The van der Waals surface area contributed by atoms with Gasteiger partial charge < -0.3 is 4.74 Å². The second kappa shape index (κ2) is 4.56. The Bertz CT molecular complexity index is 330. The third kappa shape index (κ3) is 2.19. The second-order valence-corrected chi connectivity index (χ2v) is 2.98. The van der Waals surface area contributed by atoms with E-state index in [0.717, 1.165) is 0 Å². The van der Waals surface area contributed by atoms with Gasteiger partial charge in [0.25, 0.3) is 0 Å². The summed E-state index contributed by atoms with van der Waals surface area (Å²) < 4.78 is 4.49. The Balaban J connectivity index is 2.81. The van der Waals surface area contributed by atoms with Gasteiger partial charge in [-0.05, 0) is 6.92 Å². The van der Waals surface area contributed by atoms with Crippen LogP contribution in [0.4, 0.5) is 0 Å². The fourth-order valence-electron chi connectivity index (χ4n) is 1.14. The molecule has 3 nitrogen and oxygen atoms in total. The van der Waals surface area contributed by atoms with Crippen molar-refractivity contribution in [3.8, 4) is 0 Å². The summed E-state index contributed by atoms with van der Waals surface area (Å²) in [6, 6.07) is 8.71. The first-order chi connectivity index (χ1) is 6.66. The SMILES string of the molecule is COC(=O)[C@@H](C)C(=O)c1ccccc1. The average Bonchev–Trinajstić information content (AvgIpc) is 2.27. The number of esters is 1. The van der Waals surface area contributed by atoms with Gasteiger partial charge in [-0.1, -0.05) is 30.3 Å². The molecule has 0 bridgehead atoms. The molecule has 1 rings (SSSR count). The Morgan fingerprint density at radius 2 is 1.79 bits per heavy atom. The maximum atomic E-state index is 11.6. The van der Waals surface area contributed by atoms with Gasteiger partial charge in [0.15, 0.2) is 5.78 Å². The van der Waals surface area contributed by atoms with E-state index in [9.17, 15) is 9.59 Å². The van der Waals surface area contributed by atoms with Crippen molar-refractivity contribution in [1.82, 2.24) is 0 Å². The van der Waals surface area contributed by atoms with E-state index in [1.807, 2.05) is 6.07 Å². The molecule has 0 fully saturated rings. The van der Waals surface area contributed by atoms with Crippen molar-refractivity contribution in [2.24, 2.45) is 5.92 Å². The molecule has 3 heteroatoms. The molecule has 0 saturated carbocycles. The molecule has 1 atom stereocenters. The molecular weight excluding hydrogens is 180 g/mol. The summed E-state index contributed by atoms with van der Waals surface area (Å²) in [7, 11) is 1.27. The number of rotatable bonds is 3. The Morgan fingerprint density at radius 3 is 2.29 bits per heavy atom. The first-order valence-electron chi connectivity index (χ1n) is 4.34. The minimum atomic E-state index is -0.734. The molecule has 0 aliphatic rings. The van der Waals surface area contributed by atoms with Gasteiger partial charge in [-0.15, -0.1) is 0 Å². The van der Waals surface area contributed by atoms with Crippen molar-refractivity contribution in [2.75, 3.05) is 7.11 Å². The Morgan fingerprint density at radius 1 is 1.21 bits per heavy atom. The molecule has 0 unspecified atom stereocenters. The summed E-state index contributed by atoms with van der Waals surface area (Å²) >= 11 is 0. The fraction of sp³-hybridized carbons (Fsp3) is 0.273. The van der Waals surface area contributed by atoms with E-state index in [4.69, 9.17) is 0 Å². The Kier molecular flexibility index (Phi) is 3.40. The summed E-state index contributed by atoms with van der Waals surface area (Å²) in [5.41, 5.74) is 0.533. The molecule has 0 aliphatic heterocycles. The summed E-state index contributed by atoms with van der Waals surface area (Å²) in [4.78, 5) is 22.7. The maximum absolute atomic E-state index is 11.6. The minimum absolute atomic E-state index is 0.211. The smallest absolute Gasteiger partial charge is 0.316 e. The number of benzene rings is 1. The summed E-state index contributed by atoms with van der Waals surface area (Å²) in [5, 5.41) is 0. The molecule has 74 valence electrons. The molecular formula is C11H12O3. The van der Waals surface area contributed by atoms with Crippen molar-refractivity contribution in [3.05, 3.63) is 35.9 Å². The van der Waals surface area contributed by atoms with Crippen LogP contribution >= 0.6 is 0 Å². The highest BCUT2D eigenvalue weighted by atomic mass is 16.5. The average molecular weight is 192 g/mol. The quantitative estimate of drug-likeness (QED) is 0.415. The molecule has 0 saturated heterocycles. The molecule has 0 radical (unpaired) electrons. The largest absolute Gasteiger partial charge is 0.468 e. The normalized spacial score (nSPS) is 11.9. The van der Waals surface area contributed by atoms with Crippen LogP contribution in [0, 0.1) is 5.92 Å².